The molecule has 3 unspecified atom stereocenters. The minimum absolute atomic E-state index is 0.0216. The summed E-state index contributed by atoms with van der Waals surface area (Å²) in [5.41, 5.74) is 1.95. The van der Waals surface area contributed by atoms with Gasteiger partial charge in [0, 0.05) is 17.2 Å². The lowest BCUT2D eigenvalue weighted by Crippen LogP contribution is -2.30. The van der Waals surface area contributed by atoms with E-state index in [1.807, 2.05) is 30.3 Å². The average Bonchev–Trinajstić information content (AvgIpc) is 3.45. The van der Waals surface area contributed by atoms with Gasteiger partial charge in [-0.15, -0.1) is 0 Å². The van der Waals surface area contributed by atoms with Crippen LogP contribution in [0.4, 0.5) is 5.69 Å². The van der Waals surface area contributed by atoms with Crippen LogP contribution in [0.2, 0.25) is 0 Å². The SMILES string of the molecule is CCOC(=O)CC(NC(=O)c1ccc(NC(=O)C2CC2C)cc1)c1ccccc1. The van der Waals surface area contributed by atoms with E-state index in [4.69, 9.17) is 4.74 Å². The fourth-order valence-electron chi connectivity index (χ4n) is 3.19. The lowest BCUT2D eigenvalue weighted by atomic mass is 10.0. The van der Waals surface area contributed by atoms with E-state index in [0.29, 0.717) is 23.8 Å². The Hall–Kier alpha value is -3.15. The predicted octanol–water partition coefficient (Wildman–Crippen LogP) is 3.71. The molecule has 6 heteroatoms. The normalized spacial score (nSPS) is 18.4. The summed E-state index contributed by atoms with van der Waals surface area (Å²) in [5.74, 6) is -0.110. The molecule has 0 radical (unpaired) electrons. The minimum Gasteiger partial charge on any atom is -0.466 e. The molecule has 1 aliphatic carbocycles. The van der Waals surface area contributed by atoms with Gasteiger partial charge in [-0.2, -0.15) is 0 Å². The van der Waals surface area contributed by atoms with Crippen LogP contribution in [0.25, 0.3) is 0 Å². The average molecular weight is 394 g/mol. The van der Waals surface area contributed by atoms with Gasteiger partial charge in [0.05, 0.1) is 19.1 Å². The zero-order valence-electron chi connectivity index (χ0n) is 16.7. The molecule has 1 fully saturated rings. The number of carbonyl (C=O) groups excluding carboxylic acids is 3. The molecular weight excluding hydrogens is 368 g/mol. The number of hydrogen-bond acceptors (Lipinski definition) is 4. The van der Waals surface area contributed by atoms with Crippen molar-refractivity contribution in [2.24, 2.45) is 11.8 Å². The molecule has 152 valence electrons. The van der Waals surface area contributed by atoms with Crippen LogP contribution in [-0.2, 0) is 14.3 Å². The van der Waals surface area contributed by atoms with Crippen LogP contribution < -0.4 is 10.6 Å². The molecule has 1 aliphatic rings. The highest BCUT2D eigenvalue weighted by Crippen LogP contribution is 2.38. The maximum absolute atomic E-state index is 12.7. The maximum atomic E-state index is 12.7. The van der Waals surface area contributed by atoms with E-state index in [1.54, 1.807) is 31.2 Å². The van der Waals surface area contributed by atoms with Crippen molar-refractivity contribution < 1.29 is 19.1 Å². The third kappa shape index (κ3) is 5.67. The van der Waals surface area contributed by atoms with Crippen LogP contribution in [0, 0.1) is 11.8 Å². The highest BCUT2D eigenvalue weighted by molar-refractivity contribution is 5.97. The van der Waals surface area contributed by atoms with E-state index in [2.05, 4.69) is 17.6 Å². The van der Waals surface area contributed by atoms with Crippen molar-refractivity contribution in [3.63, 3.8) is 0 Å². The fraction of sp³-hybridized carbons (Fsp3) is 0.348. The monoisotopic (exact) mass is 394 g/mol. The summed E-state index contributed by atoms with van der Waals surface area (Å²) in [4.78, 5) is 36.7. The second kappa shape index (κ2) is 9.37. The number of esters is 1. The molecule has 6 nitrogen and oxygen atoms in total. The molecule has 1 saturated carbocycles. The number of carbonyl (C=O) groups is 3. The molecule has 0 aliphatic heterocycles. The van der Waals surface area contributed by atoms with Gasteiger partial charge in [-0.3, -0.25) is 14.4 Å². The summed E-state index contributed by atoms with van der Waals surface area (Å²) in [5, 5.41) is 5.78. The van der Waals surface area contributed by atoms with Crippen LogP contribution >= 0.6 is 0 Å². The van der Waals surface area contributed by atoms with Gasteiger partial charge in [-0.1, -0.05) is 37.3 Å². The first-order valence-corrected chi connectivity index (χ1v) is 9.90. The second-order valence-electron chi connectivity index (χ2n) is 7.33. The Bertz CT molecular complexity index is 864. The quantitative estimate of drug-likeness (QED) is 0.669. The molecule has 0 spiro atoms. The van der Waals surface area contributed by atoms with Gasteiger partial charge in [-0.05, 0) is 49.1 Å². The molecule has 3 atom stereocenters. The third-order valence-electron chi connectivity index (χ3n) is 5.04. The molecule has 2 N–H and O–H groups in total. The van der Waals surface area contributed by atoms with Gasteiger partial charge in [0.1, 0.15) is 0 Å². The topological polar surface area (TPSA) is 84.5 Å². The number of rotatable bonds is 8. The highest BCUT2D eigenvalue weighted by Gasteiger charge is 2.39. The maximum Gasteiger partial charge on any atom is 0.308 e. The van der Waals surface area contributed by atoms with E-state index >= 15 is 0 Å². The first-order chi connectivity index (χ1) is 14.0. The van der Waals surface area contributed by atoms with Crippen molar-refractivity contribution in [2.75, 3.05) is 11.9 Å². The van der Waals surface area contributed by atoms with E-state index in [9.17, 15) is 14.4 Å². The van der Waals surface area contributed by atoms with Crippen LogP contribution in [0.5, 0.6) is 0 Å². The van der Waals surface area contributed by atoms with E-state index in [-0.39, 0.29) is 30.1 Å². The summed E-state index contributed by atoms with van der Waals surface area (Å²) in [6.45, 7) is 4.09. The first-order valence-electron chi connectivity index (χ1n) is 9.90. The molecule has 2 aromatic rings. The van der Waals surface area contributed by atoms with Crippen LogP contribution in [0.15, 0.2) is 54.6 Å². The van der Waals surface area contributed by atoms with Gasteiger partial charge in [0.2, 0.25) is 5.91 Å². The Labute approximate surface area is 170 Å². The first kappa shape index (κ1) is 20.6. The number of anilines is 1. The molecule has 0 heterocycles. The van der Waals surface area contributed by atoms with Crippen LogP contribution in [0.3, 0.4) is 0 Å². The lowest BCUT2D eigenvalue weighted by Gasteiger charge is -2.18. The zero-order chi connectivity index (χ0) is 20.8. The van der Waals surface area contributed by atoms with E-state index < -0.39 is 6.04 Å². The number of ether oxygens (including phenoxy) is 1. The fourth-order valence-corrected chi connectivity index (χ4v) is 3.19. The van der Waals surface area contributed by atoms with Crippen molar-refractivity contribution in [3.8, 4) is 0 Å². The van der Waals surface area contributed by atoms with Gasteiger partial charge < -0.3 is 15.4 Å². The lowest BCUT2D eigenvalue weighted by molar-refractivity contribution is -0.143. The molecule has 3 rings (SSSR count). The molecule has 0 aromatic heterocycles. The Morgan fingerprint density at radius 3 is 2.31 bits per heavy atom. The van der Waals surface area contributed by atoms with Crippen molar-refractivity contribution in [3.05, 3.63) is 65.7 Å². The third-order valence-corrected chi connectivity index (χ3v) is 5.04. The summed E-state index contributed by atoms with van der Waals surface area (Å²) in [7, 11) is 0. The smallest absolute Gasteiger partial charge is 0.308 e. The van der Waals surface area contributed by atoms with Gasteiger partial charge >= 0.3 is 5.97 Å². The Morgan fingerprint density at radius 2 is 1.72 bits per heavy atom. The summed E-state index contributed by atoms with van der Waals surface area (Å²) in [6, 6.07) is 15.6. The summed E-state index contributed by atoms with van der Waals surface area (Å²) < 4.78 is 5.04. The van der Waals surface area contributed by atoms with Gasteiger partial charge in [0.15, 0.2) is 0 Å². The molecule has 2 aromatic carbocycles. The molecular formula is C23H26N2O4. The van der Waals surface area contributed by atoms with E-state index in [0.717, 1.165) is 12.0 Å². The summed E-state index contributed by atoms with van der Waals surface area (Å²) >= 11 is 0. The number of benzene rings is 2. The second-order valence-corrected chi connectivity index (χ2v) is 7.33. The van der Waals surface area contributed by atoms with Crippen LogP contribution in [0.1, 0.15) is 48.7 Å². The molecule has 2 amide bonds. The number of hydrogen-bond donors (Lipinski definition) is 2. The Morgan fingerprint density at radius 1 is 1.07 bits per heavy atom. The van der Waals surface area contributed by atoms with Gasteiger partial charge in [-0.25, -0.2) is 0 Å². The van der Waals surface area contributed by atoms with Crippen molar-refractivity contribution in [2.45, 2.75) is 32.7 Å². The van der Waals surface area contributed by atoms with Crippen molar-refractivity contribution >= 4 is 23.5 Å². The molecule has 0 bridgehead atoms. The number of amides is 2. The van der Waals surface area contributed by atoms with Crippen LogP contribution in [-0.4, -0.2) is 24.4 Å². The Kier molecular flexibility index (Phi) is 6.65. The Balaban J connectivity index is 1.65. The zero-order valence-corrected chi connectivity index (χ0v) is 16.7. The minimum atomic E-state index is -0.488. The van der Waals surface area contributed by atoms with E-state index in [1.165, 1.54) is 0 Å². The van der Waals surface area contributed by atoms with Crippen molar-refractivity contribution in [1.82, 2.24) is 5.32 Å². The standard InChI is InChI=1S/C23H26N2O4/c1-3-29-21(26)14-20(16-7-5-4-6-8-16)25-22(27)17-9-11-18(12-10-17)24-23(28)19-13-15(19)2/h4-12,15,19-20H,3,13-14H2,1-2H3,(H,24,28)(H,25,27). The highest BCUT2D eigenvalue weighted by atomic mass is 16.5. The molecule has 29 heavy (non-hydrogen) atoms. The molecule has 0 saturated heterocycles. The van der Waals surface area contributed by atoms with Crippen molar-refractivity contribution in [1.29, 1.82) is 0 Å². The number of nitrogens with one attached hydrogen (secondary N) is 2. The largest absolute Gasteiger partial charge is 0.466 e. The van der Waals surface area contributed by atoms with Gasteiger partial charge in [0.25, 0.3) is 5.91 Å². The summed E-state index contributed by atoms with van der Waals surface area (Å²) in [6.07, 6.45) is 0.977. The predicted molar refractivity (Wildman–Crippen MR) is 110 cm³/mol.